The van der Waals surface area contributed by atoms with Gasteiger partial charge in [0.15, 0.2) is 11.5 Å². The second-order valence-electron chi connectivity index (χ2n) is 4.66. The molecule has 0 radical (unpaired) electrons. The van der Waals surface area contributed by atoms with E-state index in [2.05, 4.69) is 4.99 Å². The summed E-state index contributed by atoms with van der Waals surface area (Å²) >= 11 is 0. The highest BCUT2D eigenvalue weighted by Crippen LogP contribution is 2.32. The van der Waals surface area contributed by atoms with E-state index in [9.17, 15) is 15.3 Å². The van der Waals surface area contributed by atoms with Crippen molar-refractivity contribution in [3.8, 4) is 17.2 Å². The largest absolute Gasteiger partial charge is 0.506 e. The van der Waals surface area contributed by atoms with Gasteiger partial charge in [0.2, 0.25) is 0 Å². The molecular weight excluding hydrogens is 266 g/mol. The lowest BCUT2D eigenvalue weighted by molar-refractivity contribution is 0.403. The van der Waals surface area contributed by atoms with Crippen LogP contribution in [0.1, 0.15) is 5.56 Å². The zero-order chi connectivity index (χ0) is 14.8. The van der Waals surface area contributed by atoms with E-state index in [-0.39, 0.29) is 17.2 Å². The van der Waals surface area contributed by atoms with Crippen LogP contribution in [0.15, 0.2) is 59.6 Å². The first-order valence-electron chi connectivity index (χ1n) is 6.42. The molecule has 3 aromatic rings. The van der Waals surface area contributed by atoms with E-state index in [0.29, 0.717) is 11.3 Å². The number of hydrogen-bond acceptors (Lipinski definition) is 4. The van der Waals surface area contributed by atoms with Crippen LogP contribution < -0.4 is 0 Å². The maximum atomic E-state index is 9.98. The van der Waals surface area contributed by atoms with Gasteiger partial charge < -0.3 is 15.3 Å². The van der Waals surface area contributed by atoms with Crippen molar-refractivity contribution in [2.45, 2.75) is 0 Å². The van der Waals surface area contributed by atoms with E-state index in [1.165, 1.54) is 12.3 Å². The molecule has 21 heavy (non-hydrogen) atoms. The summed E-state index contributed by atoms with van der Waals surface area (Å²) in [5.74, 6) is -0.382. The molecule has 3 aromatic carbocycles. The standard InChI is InChI=1S/C17H13NO3/c19-15-7-3-6-13(17(15)21)10-18-14-8-11-4-1-2-5-12(11)9-16(14)20/h1-10,19-21H. The highest BCUT2D eigenvalue weighted by atomic mass is 16.3. The van der Waals surface area contributed by atoms with Crippen LogP contribution in [0, 0.1) is 0 Å². The number of fused-ring (bicyclic) bond motifs is 1. The molecule has 0 aliphatic carbocycles. The first-order chi connectivity index (χ1) is 10.1. The number of phenols is 3. The van der Waals surface area contributed by atoms with Crippen molar-refractivity contribution in [2.24, 2.45) is 4.99 Å². The molecule has 0 bridgehead atoms. The Labute approximate surface area is 121 Å². The van der Waals surface area contributed by atoms with E-state index in [4.69, 9.17) is 0 Å². The predicted molar refractivity (Wildman–Crippen MR) is 82.6 cm³/mol. The quantitative estimate of drug-likeness (QED) is 0.494. The Bertz CT molecular complexity index is 841. The average Bonchev–Trinajstić information content (AvgIpc) is 2.49. The summed E-state index contributed by atoms with van der Waals surface area (Å²) in [7, 11) is 0. The lowest BCUT2D eigenvalue weighted by Gasteiger charge is -2.04. The fraction of sp³-hybridized carbons (Fsp3) is 0. The number of benzene rings is 3. The number of para-hydroxylation sites is 1. The zero-order valence-electron chi connectivity index (χ0n) is 11.1. The number of aliphatic imine (C=N–C) groups is 1. The lowest BCUT2D eigenvalue weighted by atomic mass is 10.1. The topological polar surface area (TPSA) is 73.1 Å². The summed E-state index contributed by atoms with van der Waals surface area (Å²) < 4.78 is 0. The number of hydrogen-bond donors (Lipinski definition) is 3. The molecule has 0 saturated carbocycles. The van der Waals surface area contributed by atoms with Gasteiger partial charge in [0, 0.05) is 11.8 Å². The Kier molecular flexibility index (Phi) is 3.20. The minimum Gasteiger partial charge on any atom is -0.506 e. The van der Waals surface area contributed by atoms with E-state index in [1.54, 1.807) is 24.3 Å². The summed E-state index contributed by atoms with van der Waals surface area (Å²) in [6, 6.07) is 15.7. The minimum absolute atomic E-state index is 0.0598. The second-order valence-corrected chi connectivity index (χ2v) is 4.66. The number of rotatable bonds is 2. The van der Waals surface area contributed by atoms with Crippen molar-refractivity contribution in [3.63, 3.8) is 0 Å². The molecular formula is C17H13NO3. The van der Waals surface area contributed by atoms with Crippen LogP contribution in [0.5, 0.6) is 17.2 Å². The summed E-state index contributed by atoms with van der Waals surface area (Å²) in [4.78, 5) is 4.18. The summed E-state index contributed by atoms with van der Waals surface area (Å²) in [5, 5.41) is 31.0. The van der Waals surface area contributed by atoms with Gasteiger partial charge in [0.1, 0.15) is 11.4 Å². The van der Waals surface area contributed by atoms with Crippen molar-refractivity contribution >= 4 is 22.7 Å². The number of aromatic hydroxyl groups is 3. The summed E-state index contributed by atoms with van der Waals surface area (Å²) in [6.45, 7) is 0. The molecule has 3 N–H and O–H groups in total. The Morgan fingerprint density at radius 2 is 1.48 bits per heavy atom. The molecule has 4 nitrogen and oxygen atoms in total. The van der Waals surface area contributed by atoms with Crippen molar-refractivity contribution in [3.05, 3.63) is 60.2 Å². The molecule has 0 atom stereocenters. The average molecular weight is 279 g/mol. The molecule has 0 aromatic heterocycles. The molecule has 0 spiro atoms. The molecule has 0 unspecified atom stereocenters. The fourth-order valence-electron chi connectivity index (χ4n) is 2.11. The highest BCUT2D eigenvalue weighted by molar-refractivity contribution is 5.91. The maximum Gasteiger partial charge on any atom is 0.166 e. The Hall–Kier alpha value is -3.01. The lowest BCUT2D eigenvalue weighted by Crippen LogP contribution is -1.82. The smallest absolute Gasteiger partial charge is 0.166 e. The van der Waals surface area contributed by atoms with Gasteiger partial charge in [-0.15, -0.1) is 0 Å². The summed E-state index contributed by atoms with van der Waals surface area (Å²) in [6.07, 6.45) is 1.40. The van der Waals surface area contributed by atoms with Gasteiger partial charge in [-0.3, -0.25) is 4.99 Å². The third-order valence-electron chi connectivity index (χ3n) is 3.23. The van der Waals surface area contributed by atoms with Crippen LogP contribution in [-0.4, -0.2) is 21.5 Å². The molecule has 0 amide bonds. The van der Waals surface area contributed by atoms with Crippen LogP contribution in [0.2, 0.25) is 0 Å². The van der Waals surface area contributed by atoms with Gasteiger partial charge in [0.25, 0.3) is 0 Å². The normalized spacial score (nSPS) is 11.2. The molecule has 0 fully saturated rings. The predicted octanol–water partition coefficient (Wildman–Crippen LogP) is 3.71. The van der Waals surface area contributed by atoms with Crippen LogP contribution in [0.25, 0.3) is 10.8 Å². The first kappa shape index (κ1) is 13.0. The Balaban J connectivity index is 2.03. The minimum atomic E-state index is -0.235. The van der Waals surface area contributed by atoms with Gasteiger partial charge in [0.05, 0.1) is 0 Å². The molecule has 0 aliphatic heterocycles. The number of nitrogens with zero attached hydrogens (tertiary/aromatic N) is 1. The van der Waals surface area contributed by atoms with Crippen molar-refractivity contribution in [1.82, 2.24) is 0 Å². The van der Waals surface area contributed by atoms with Crippen molar-refractivity contribution in [2.75, 3.05) is 0 Å². The van der Waals surface area contributed by atoms with Crippen LogP contribution in [0.4, 0.5) is 5.69 Å². The van der Waals surface area contributed by atoms with E-state index >= 15 is 0 Å². The van der Waals surface area contributed by atoms with Gasteiger partial charge in [-0.25, -0.2) is 0 Å². The Morgan fingerprint density at radius 3 is 2.24 bits per heavy atom. The molecule has 0 heterocycles. The van der Waals surface area contributed by atoms with E-state index in [1.807, 2.05) is 24.3 Å². The third kappa shape index (κ3) is 2.51. The molecule has 4 heteroatoms. The van der Waals surface area contributed by atoms with Crippen LogP contribution in [-0.2, 0) is 0 Å². The Morgan fingerprint density at radius 1 is 0.762 bits per heavy atom. The second kappa shape index (κ2) is 5.17. The summed E-state index contributed by atoms with van der Waals surface area (Å²) in [5.41, 5.74) is 0.777. The zero-order valence-corrected chi connectivity index (χ0v) is 11.1. The van der Waals surface area contributed by atoms with Gasteiger partial charge in [-0.1, -0.05) is 30.3 Å². The SMILES string of the molecule is Oc1cc2ccccc2cc1N=Cc1cccc(O)c1O. The van der Waals surface area contributed by atoms with Gasteiger partial charge in [-0.2, -0.15) is 0 Å². The molecule has 0 aliphatic rings. The van der Waals surface area contributed by atoms with Crippen LogP contribution in [0.3, 0.4) is 0 Å². The van der Waals surface area contributed by atoms with Gasteiger partial charge in [-0.05, 0) is 35.0 Å². The van der Waals surface area contributed by atoms with Crippen molar-refractivity contribution < 1.29 is 15.3 Å². The van der Waals surface area contributed by atoms with Gasteiger partial charge >= 0.3 is 0 Å². The monoisotopic (exact) mass is 279 g/mol. The fourth-order valence-corrected chi connectivity index (χ4v) is 2.11. The number of phenolic OH excluding ortho intramolecular Hbond substituents is 3. The third-order valence-corrected chi connectivity index (χ3v) is 3.23. The van der Waals surface area contributed by atoms with Crippen molar-refractivity contribution in [1.29, 1.82) is 0 Å². The maximum absolute atomic E-state index is 9.98. The first-order valence-corrected chi connectivity index (χ1v) is 6.42. The highest BCUT2D eigenvalue weighted by Gasteiger charge is 2.05. The van der Waals surface area contributed by atoms with E-state index < -0.39 is 0 Å². The van der Waals surface area contributed by atoms with E-state index in [0.717, 1.165) is 10.8 Å². The van der Waals surface area contributed by atoms with Crippen LogP contribution >= 0.6 is 0 Å². The molecule has 0 saturated heterocycles. The molecule has 104 valence electrons. The molecule has 3 rings (SSSR count).